The van der Waals surface area contributed by atoms with Crippen molar-refractivity contribution in [1.29, 1.82) is 0 Å². The van der Waals surface area contributed by atoms with E-state index in [4.69, 9.17) is 4.74 Å². The minimum Gasteiger partial charge on any atom is -0.494 e. The first kappa shape index (κ1) is 17.1. The number of carbonyl (C=O) groups excluding carboxylic acids is 1. The molecule has 0 aliphatic carbocycles. The predicted octanol–water partition coefficient (Wildman–Crippen LogP) is 3.58. The summed E-state index contributed by atoms with van der Waals surface area (Å²) in [6.45, 7) is 3.11. The molecule has 0 bridgehead atoms. The molecule has 2 heterocycles. The molecule has 128 valence electrons. The number of carbonyl (C=O) groups is 1. The maximum atomic E-state index is 12.3. The van der Waals surface area contributed by atoms with Crippen molar-refractivity contribution in [2.24, 2.45) is 0 Å². The Balaban J connectivity index is 1.58. The van der Waals surface area contributed by atoms with Crippen molar-refractivity contribution < 1.29 is 9.53 Å². The zero-order valence-corrected chi connectivity index (χ0v) is 14.8. The third-order valence-corrected chi connectivity index (χ3v) is 4.49. The second-order valence-electron chi connectivity index (χ2n) is 5.33. The van der Waals surface area contributed by atoms with Crippen LogP contribution in [0.4, 0.5) is 0 Å². The van der Waals surface area contributed by atoms with E-state index in [0.717, 1.165) is 21.9 Å². The highest BCUT2D eigenvalue weighted by molar-refractivity contribution is 7.13. The monoisotopic (exact) mass is 353 g/mol. The van der Waals surface area contributed by atoms with Crippen LogP contribution in [0.25, 0.3) is 10.6 Å². The number of amides is 1. The summed E-state index contributed by atoms with van der Waals surface area (Å²) in [6, 6.07) is 11.7. The molecule has 0 saturated heterocycles. The maximum absolute atomic E-state index is 12.3. The summed E-state index contributed by atoms with van der Waals surface area (Å²) in [7, 11) is 0. The second-order valence-corrected chi connectivity index (χ2v) is 6.18. The molecule has 5 nitrogen and oxygen atoms in total. The van der Waals surface area contributed by atoms with Crippen molar-refractivity contribution in [3.05, 3.63) is 65.4 Å². The van der Waals surface area contributed by atoms with Crippen LogP contribution in [-0.4, -0.2) is 29.0 Å². The van der Waals surface area contributed by atoms with Crippen molar-refractivity contribution in [3.8, 4) is 16.3 Å². The number of hydrogen-bond acceptors (Lipinski definition) is 5. The summed E-state index contributed by atoms with van der Waals surface area (Å²) in [6.07, 6.45) is 4.16. The molecule has 1 amide bonds. The summed E-state index contributed by atoms with van der Waals surface area (Å²) in [4.78, 5) is 20.7. The smallest absolute Gasteiger partial charge is 0.270 e. The highest BCUT2D eigenvalue weighted by atomic mass is 32.1. The minimum atomic E-state index is -0.166. The van der Waals surface area contributed by atoms with Crippen molar-refractivity contribution >= 4 is 17.2 Å². The molecule has 0 aliphatic rings. The largest absolute Gasteiger partial charge is 0.494 e. The van der Waals surface area contributed by atoms with Gasteiger partial charge in [0.25, 0.3) is 5.91 Å². The van der Waals surface area contributed by atoms with Gasteiger partial charge in [0.05, 0.1) is 6.61 Å². The number of nitrogens with zero attached hydrogens (tertiary/aromatic N) is 2. The van der Waals surface area contributed by atoms with E-state index in [2.05, 4.69) is 15.3 Å². The quantitative estimate of drug-likeness (QED) is 0.705. The lowest BCUT2D eigenvalue weighted by Crippen LogP contribution is -2.26. The lowest BCUT2D eigenvalue weighted by Gasteiger charge is -2.10. The molecule has 0 spiro atoms. The average molecular weight is 353 g/mol. The number of rotatable bonds is 7. The van der Waals surface area contributed by atoms with Gasteiger partial charge >= 0.3 is 0 Å². The summed E-state index contributed by atoms with van der Waals surface area (Å²) in [5.41, 5.74) is 2.43. The molecule has 0 fully saturated rings. The van der Waals surface area contributed by atoms with Gasteiger partial charge in [-0.1, -0.05) is 18.2 Å². The zero-order valence-electron chi connectivity index (χ0n) is 13.9. The second kappa shape index (κ2) is 8.39. The minimum absolute atomic E-state index is 0.166. The maximum Gasteiger partial charge on any atom is 0.270 e. The standard InChI is InChI=1S/C19H19N3O2S/c1-2-24-17-8-4-3-6-14(17)9-11-21-18(23)16-13-25-19(22-16)15-7-5-10-20-12-15/h3-8,10,12-13H,2,9,11H2,1H3,(H,21,23). The molecule has 0 unspecified atom stereocenters. The Bertz CT molecular complexity index is 833. The van der Waals surface area contributed by atoms with Gasteiger partial charge in [0.2, 0.25) is 0 Å². The van der Waals surface area contributed by atoms with E-state index in [1.807, 2.05) is 43.3 Å². The molecule has 2 aromatic heterocycles. The first-order chi connectivity index (χ1) is 12.3. The highest BCUT2D eigenvalue weighted by Crippen LogP contribution is 2.22. The van der Waals surface area contributed by atoms with E-state index < -0.39 is 0 Å². The Labute approximate surface area is 150 Å². The SMILES string of the molecule is CCOc1ccccc1CCNC(=O)c1csc(-c2cccnc2)n1. The summed E-state index contributed by atoms with van der Waals surface area (Å²) in [5.74, 6) is 0.701. The van der Waals surface area contributed by atoms with Gasteiger partial charge in [-0.25, -0.2) is 4.98 Å². The third kappa shape index (κ3) is 4.42. The van der Waals surface area contributed by atoms with Gasteiger partial charge in [-0.3, -0.25) is 9.78 Å². The third-order valence-electron chi connectivity index (χ3n) is 3.60. The summed E-state index contributed by atoms with van der Waals surface area (Å²) >= 11 is 1.44. The average Bonchev–Trinajstić information content (AvgIpc) is 3.14. The Morgan fingerprint density at radius 3 is 2.92 bits per heavy atom. The first-order valence-corrected chi connectivity index (χ1v) is 9.00. The van der Waals surface area contributed by atoms with E-state index >= 15 is 0 Å². The molecule has 6 heteroatoms. The summed E-state index contributed by atoms with van der Waals surface area (Å²) in [5, 5.41) is 5.48. The van der Waals surface area contributed by atoms with Crippen LogP contribution in [0.1, 0.15) is 23.0 Å². The molecule has 0 aliphatic heterocycles. The van der Waals surface area contributed by atoms with Gasteiger partial charge in [0, 0.05) is 29.9 Å². The molecule has 3 rings (SSSR count). The molecule has 3 aromatic rings. The first-order valence-electron chi connectivity index (χ1n) is 8.12. The number of thiazole rings is 1. The van der Waals surface area contributed by atoms with Crippen molar-refractivity contribution in [2.45, 2.75) is 13.3 Å². The summed E-state index contributed by atoms with van der Waals surface area (Å²) < 4.78 is 5.60. The van der Waals surface area contributed by atoms with Crippen molar-refractivity contribution in [1.82, 2.24) is 15.3 Å². The molecular weight excluding hydrogens is 334 g/mol. The number of nitrogens with one attached hydrogen (secondary N) is 1. The van der Waals surface area contributed by atoms with Crippen LogP contribution < -0.4 is 10.1 Å². The zero-order chi connectivity index (χ0) is 17.5. The molecule has 0 saturated carbocycles. The van der Waals surface area contributed by atoms with E-state index in [1.54, 1.807) is 17.8 Å². The number of aromatic nitrogens is 2. The normalized spacial score (nSPS) is 10.4. The fourth-order valence-corrected chi connectivity index (χ4v) is 3.20. The number of hydrogen-bond donors (Lipinski definition) is 1. The lowest BCUT2D eigenvalue weighted by atomic mass is 10.1. The Morgan fingerprint density at radius 2 is 2.12 bits per heavy atom. The van der Waals surface area contributed by atoms with Crippen LogP contribution in [0.15, 0.2) is 54.2 Å². The molecule has 0 radical (unpaired) electrons. The van der Waals surface area contributed by atoms with Crippen LogP contribution in [0, 0.1) is 0 Å². The fraction of sp³-hybridized carbons (Fsp3) is 0.211. The van der Waals surface area contributed by atoms with Crippen molar-refractivity contribution in [3.63, 3.8) is 0 Å². The van der Waals surface area contributed by atoms with E-state index in [0.29, 0.717) is 25.3 Å². The van der Waals surface area contributed by atoms with Crippen LogP contribution in [0.5, 0.6) is 5.75 Å². The van der Waals surface area contributed by atoms with E-state index in [-0.39, 0.29) is 5.91 Å². The van der Waals surface area contributed by atoms with Gasteiger partial charge in [-0.05, 0) is 37.1 Å². The van der Waals surface area contributed by atoms with Crippen LogP contribution in [0.3, 0.4) is 0 Å². The van der Waals surface area contributed by atoms with Gasteiger partial charge in [0.1, 0.15) is 16.5 Å². The van der Waals surface area contributed by atoms with E-state index in [9.17, 15) is 4.79 Å². The topological polar surface area (TPSA) is 64.1 Å². The number of ether oxygens (including phenoxy) is 1. The number of pyridine rings is 1. The van der Waals surface area contributed by atoms with Crippen molar-refractivity contribution in [2.75, 3.05) is 13.2 Å². The van der Waals surface area contributed by atoms with Crippen LogP contribution in [-0.2, 0) is 6.42 Å². The Kier molecular flexibility index (Phi) is 5.74. The van der Waals surface area contributed by atoms with Crippen LogP contribution in [0.2, 0.25) is 0 Å². The molecular formula is C19H19N3O2S. The van der Waals surface area contributed by atoms with E-state index in [1.165, 1.54) is 11.3 Å². The fourth-order valence-electron chi connectivity index (χ4n) is 2.41. The Morgan fingerprint density at radius 1 is 1.24 bits per heavy atom. The predicted molar refractivity (Wildman–Crippen MR) is 99.0 cm³/mol. The van der Waals surface area contributed by atoms with Gasteiger partial charge in [-0.15, -0.1) is 11.3 Å². The molecule has 1 aromatic carbocycles. The Hall–Kier alpha value is -2.73. The van der Waals surface area contributed by atoms with Crippen LogP contribution >= 0.6 is 11.3 Å². The molecule has 1 N–H and O–H groups in total. The van der Waals surface area contributed by atoms with Gasteiger partial charge < -0.3 is 10.1 Å². The number of benzene rings is 1. The highest BCUT2D eigenvalue weighted by Gasteiger charge is 2.12. The number of para-hydroxylation sites is 1. The van der Waals surface area contributed by atoms with Gasteiger partial charge in [-0.2, -0.15) is 0 Å². The molecule has 25 heavy (non-hydrogen) atoms. The lowest BCUT2D eigenvalue weighted by molar-refractivity contribution is 0.0950. The van der Waals surface area contributed by atoms with Gasteiger partial charge in [0.15, 0.2) is 0 Å². The molecule has 0 atom stereocenters.